The van der Waals surface area contributed by atoms with Gasteiger partial charge >= 0.3 is 0 Å². The van der Waals surface area contributed by atoms with E-state index in [1.807, 2.05) is 0 Å². The van der Waals surface area contributed by atoms with Crippen LogP contribution in [0.1, 0.15) is 16.7 Å². The summed E-state index contributed by atoms with van der Waals surface area (Å²) in [6.07, 6.45) is 2.30. The van der Waals surface area contributed by atoms with Crippen LogP contribution in [0.2, 0.25) is 0 Å². The normalized spacial score (nSPS) is 12.5. The number of nitrogens with one attached hydrogen (secondary N) is 1. The lowest BCUT2D eigenvalue weighted by molar-refractivity contribution is 0.276. The number of aromatic nitrogens is 1. The van der Waals surface area contributed by atoms with Gasteiger partial charge in [0.1, 0.15) is 17.3 Å². The number of aliphatic hydroxyl groups excluding tert-OH is 1. The third kappa shape index (κ3) is 4.58. The molecule has 154 valence electrons. The molecule has 3 aromatic rings. The van der Waals surface area contributed by atoms with E-state index in [0.29, 0.717) is 0 Å². The van der Waals surface area contributed by atoms with Crippen molar-refractivity contribution in [2.45, 2.75) is 6.61 Å². The summed E-state index contributed by atoms with van der Waals surface area (Å²) in [5.41, 5.74) is 12.1. The number of aliphatic imine (C=N–C) groups is 1. The average Bonchev–Trinajstić information content (AvgIpc) is 2.73. The molecule has 0 amide bonds. The van der Waals surface area contributed by atoms with Gasteiger partial charge in [0.2, 0.25) is 0 Å². The molecule has 0 spiro atoms. The molecule has 0 aliphatic carbocycles. The molecule has 6 nitrogen and oxygen atoms in total. The summed E-state index contributed by atoms with van der Waals surface area (Å²) in [7, 11) is 0. The molecule has 0 aliphatic rings. The maximum absolute atomic E-state index is 14.4. The summed E-state index contributed by atoms with van der Waals surface area (Å²) in [5, 5.41) is 11.7. The van der Waals surface area contributed by atoms with E-state index >= 15 is 0 Å². The molecule has 0 unspecified atom stereocenters. The van der Waals surface area contributed by atoms with E-state index in [1.54, 1.807) is 6.07 Å². The predicted octanol–water partition coefficient (Wildman–Crippen LogP) is 3.20. The molecule has 2 aromatic carbocycles. The van der Waals surface area contributed by atoms with Gasteiger partial charge in [-0.05, 0) is 30.3 Å². The number of benzene rings is 2. The molecular weight excluding hydrogens is 395 g/mol. The van der Waals surface area contributed by atoms with E-state index in [-0.39, 0.29) is 39.7 Å². The van der Waals surface area contributed by atoms with Gasteiger partial charge in [0.15, 0.2) is 11.8 Å². The Morgan fingerprint density at radius 2 is 1.73 bits per heavy atom. The fraction of sp³-hybridized carbons (Fsp3) is 0.0476. The molecule has 0 atom stereocenters. The predicted molar refractivity (Wildman–Crippen MR) is 109 cm³/mol. The number of anilines is 1. The monoisotopic (exact) mass is 413 g/mol. The molecule has 1 heterocycles. The van der Waals surface area contributed by atoms with Crippen molar-refractivity contribution in [2.75, 3.05) is 5.32 Å². The van der Waals surface area contributed by atoms with Crippen molar-refractivity contribution in [3.05, 3.63) is 95.1 Å². The number of nitrogens with two attached hydrogens (primary N) is 2. The minimum absolute atomic E-state index is 0.00206. The van der Waals surface area contributed by atoms with Gasteiger partial charge in [0.25, 0.3) is 0 Å². The van der Waals surface area contributed by atoms with E-state index in [2.05, 4.69) is 15.3 Å². The first-order chi connectivity index (χ1) is 14.4. The Labute approximate surface area is 170 Å². The maximum atomic E-state index is 14.4. The van der Waals surface area contributed by atoms with Gasteiger partial charge in [-0.25, -0.2) is 18.2 Å². The van der Waals surface area contributed by atoms with Gasteiger partial charge in [-0.15, -0.1) is 0 Å². The highest BCUT2D eigenvalue weighted by Gasteiger charge is 2.16. The van der Waals surface area contributed by atoms with Crippen LogP contribution in [0, 0.1) is 17.5 Å². The number of hydrogen-bond acceptors (Lipinski definition) is 4. The summed E-state index contributed by atoms with van der Waals surface area (Å²) >= 11 is 0. The molecule has 30 heavy (non-hydrogen) atoms. The molecule has 9 heteroatoms. The van der Waals surface area contributed by atoms with Crippen molar-refractivity contribution in [2.24, 2.45) is 16.5 Å². The van der Waals surface area contributed by atoms with Crippen molar-refractivity contribution in [3.63, 3.8) is 0 Å². The minimum atomic E-state index is -0.716. The number of nitrogens with zero attached hydrogens (tertiary/aromatic N) is 2. The summed E-state index contributed by atoms with van der Waals surface area (Å²) in [4.78, 5) is 7.79. The third-order valence-electron chi connectivity index (χ3n) is 4.17. The fourth-order valence-electron chi connectivity index (χ4n) is 2.69. The smallest absolute Gasteiger partial charge is 0.198 e. The van der Waals surface area contributed by atoms with Crippen LogP contribution in [0.25, 0.3) is 11.4 Å². The zero-order valence-corrected chi connectivity index (χ0v) is 15.6. The molecule has 1 aromatic heterocycles. The van der Waals surface area contributed by atoms with Crippen molar-refractivity contribution >= 4 is 23.0 Å². The highest BCUT2D eigenvalue weighted by Crippen LogP contribution is 2.27. The van der Waals surface area contributed by atoms with Gasteiger partial charge < -0.3 is 21.9 Å². The van der Waals surface area contributed by atoms with Crippen LogP contribution in [0.15, 0.2) is 65.9 Å². The lowest BCUT2D eigenvalue weighted by Crippen LogP contribution is -2.23. The van der Waals surface area contributed by atoms with Gasteiger partial charge in [0.05, 0.1) is 18.5 Å². The van der Waals surface area contributed by atoms with Crippen LogP contribution in [-0.2, 0) is 6.61 Å². The minimum Gasteiger partial charge on any atom is -0.396 e. The first kappa shape index (κ1) is 20.9. The number of hydrogen-bond donors (Lipinski definition) is 4. The largest absolute Gasteiger partial charge is 0.396 e. The fourth-order valence-corrected chi connectivity index (χ4v) is 2.69. The summed E-state index contributed by atoms with van der Waals surface area (Å²) < 4.78 is 42.5. The topological polar surface area (TPSA) is 110 Å². The highest BCUT2D eigenvalue weighted by atomic mass is 19.1. The van der Waals surface area contributed by atoms with Crippen molar-refractivity contribution < 1.29 is 18.3 Å². The molecule has 6 N–H and O–H groups in total. The number of rotatable bonds is 5. The number of aliphatic hydroxyl groups is 1. The van der Waals surface area contributed by atoms with E-state index in [1.165, 1.54) is 42.6 Å². The molecule has 0 bridgehead atoms. The van der Waals surface area contributed by atoms with Crippen LogP contribution < -0.4 is 16.8 Å². The maximum Gasteiger partial charge on any atom is 0.198 e. The van der Waals surface area contributed by atoms with Gasteiger partial charge in [-0.3, -0.25) is 4.98 Å². The number of pyridine rings is 1. The summed E-state index contributed by atoms with van der Waals surface area (Å²) in [6, 6.07) is 11.0. The van der Waals surface area contributed by atoms with E-state index in [9.17, 15) is 13.2 Å². The van der Waals surface area contributed by atoms with Crippen LogP contribution in [0.5, 0.6) is 0 Å². The second-order valence-corrected chi connectivity index (χ2v) is 6.18. The quantitative estimate of drug-likeness (QED) is 0.379. The molecular formula is C21H18F3N5O. The Bertz CT molecular complexity index is 1130. The molecule has 0 saturated carbocycles. The van der Waals surface area contributed by atoms with E-state index in [0.717, 1.165) is 12.3 Å². The standard InChI is InChI=1S/C21H18F3N5O/c22-16-4-2-1-3-15(16)20(19(25)14-7-8-27-10-18(14)24)29-21(26)28-13-6-5-12(11-30)17(23)9-13/h1-10,30H,11,25H2,(H3,26,28,29)/b20-19-. The summed E-state index contributed by atoms with van der Waals surface area (Å²) in [5.74, 6) is -2.23. The van der Waals surface area contributed by atoms with Crippen molar-refractivity contribution in [1.82, 2.24) is 4.98 Å². The highest BCUT2D eigenvalue weighted by molar-refractivity contribution is 6.00. The zero-order valence-electron chi connectivity index (χ0n) is 15.6. The zero-order chi connectivity index (χ0) is 21.7. The Kier molecular flexibility index (Phi) is 6.33. The Morgan fingerprint density at radius 3 is 2.40 bits per heavy atom. The second kappa shape index (κ2) is 9.10. The van der Waals surface area contributed by atoms with Crippen molar-refractivity contribution in [1.29, 1.82) is 0 Å². The number of guanidine groups is 1. The van der Waals surface area contributed by atoms with Crippen LogP contribution in [0.3, 0.4) is 0 Å². The van der Waals surface area contributed by atoms with Gasteiger partial charge in [-0.2, -0.15) is 0 Å². The molecule has 0 aliphatic heterocycles. The van der Waals surface area contributed by atoms with Gasteiger partial charge in [-0.1, -0.05) is 18.2 Å². The number of halogens is 3. The van der Waals surface area contributed by atoms with Crippen LogP contribution in [-0.4, -0.2) is 16.1 Å². The molecule has 0 fully saturated rings. The Hall–Kier alpha value is -3.85. The SMILES string of the molecule is NC(=N/C(=C(\N)c1ccncc1F)c1ccccc1F)Nc1ccc(CO)c(F)c1. The van der Waals surface area contributed by atoms with E-state index < -0.39 is 24.1 Å². The first-order valence-corrected chi connectivity index (χ1v) is 8.75. The summed E-state index contributed by atoms with van der Waals surface area (Å²) in [6.45, 7) is -0.454. The first-order valence-electron chi connectivity index (χ1n) is 8.75. The van der Waals surface area contributed by atoms with Crippen LogP contribution in [0.4, 0.5) is 18.9 Å². The second-order valence-electron chi connectivity index (χ2n) is 6.18. The molecule has 0 saturated heterocycles. The van der Waals surface area contributed by atoms with E-state index in [4.69, 9.17) is 16.6 Å². The van der Waals surface area contributed by atoms with Gasteiger partial charge in [0, 0.05) is 28.6 Å². The lowest BCUT2D eigenvalue weighted by atomic mass is 10.1. The average molecular weight is 413 g/mol. The molecule has 0 radical (unpaired) electrons. The third-order valence-corrected chi connectivity index (χ3v) is 4.17. The Balaban J connectivity index is 2.07. The van der Waals surface area contributed by atoms with Crippen LogP contribution >= 0.6 is 0 Å². The Morgan fingerprint density at radius 1 is 0.967 bits per heavy atom. The van der Waals surface area contributed by atoms with Crippen molar-refractivity contribution in [3.8, 4) is 0 Å². The molecule has 3 rings (SSSR count). The lowest BCUT2D eigenvalue weighted by Gasteiger charge is -2.12.